The smallest absolute Gasteiger partial charge is 0.0843 e. The minimum atomic E-state index is 0.451. The van der Waals surface area contributed by atoms with Crippen LogP contribution in [0, 0.1) is 18.3 Å². The Bertz CT molecular complexity index is 394. The van der Waals surface area contributed by atoms with Gasteiger partial charge in [-0.3, -0.25) is 5.32 Å². The highest BCUT2D eigenvalue weighted by atomic mass is 15.2. The molecule has 16 heavy (non-hydrogen) atoms. The van der Waals surface area contributed by atoms with Gasteiger partial charge in [-0.15, -0.1) is 0 Å². The molecule has 0 bridgehead atoms. The number of para-hydroxylation sites is 1. The fourth-order valence-corrected chi connectivity index (χ4v) is 2.25. The summed E-state index contributed by atoms with van der Waals surface area (Å²) in [6, 6.07) is 11.1. The van der Waals surface area contributed by atoms with E-state index in [1.807, 2.05) is 0 Å². The lowest BCUT2D eigenvalue weighted by Gasteiger charge is -2.20. The summed E-state index contributed by atoms with van der Waals surface area (Å²) < 4.78 is 0. The van der Waals surface area contributed by atoms with E-state index >= 15 is 0 Å². The van der Waals surface area contributed by atoms with Crippen molar-refractivity contribution >= 4 is 5.69 Å². The minimum Gasteiger partial charge on any atom is -0.370 e. The van der Waals surface area contributed by atoms with Gasteiger partial charge < -0.3 is 4.90 Å². The van der Waals surface area contributed by atoms with E-state index in [1.165, 1.54) is 11.3 Å². The summed E-state index contributed by atoms with van der Waals surface area (Å²) in [5.74, 6) is 0. The Balaban J connectivity index is 1.99. The molecule has 1 aliphatic rings. The van der Waals surface area contributed by atoms with Gasteiger partial charge in [-0.2, -0.15) is 5.26 Å². The van der Waals surface area contributed by atoms with Gasteiger partial charge >= 0.3 is 0 Å². The van der Waals surface area contributed by atoms with E-state index < -0.39 is 0 Å². The SMILES string of the molecule is Cc1ccccc1N1CCC(NCC#N)C1. The van der Waals surface area contributed by atoms with Crippen LogP contribution < -0.4 is 10.2 Å². The first kappa shape index (κ1) is 11.0. The van der Waals surface area contributed by atoms with Crippen molar-refractivity contribution in [2.75, 3.05) is 24.5 Å². The van der Waals surface area contributed by atoms with Gasteiger partial charge in [0.05, 0.1) is 12.6 Å². The Labute approximate surface area is 96.7 Å². The Hall–Kier alpha value is -1.53. The second kappa shape index (κ2) is 5.00. The van der Waals surface area contributed by atoms with Crippen LogP contribution in [0.2, 0.25) is 0 Å². The first-order chi connectivity index (χ1) is 7.81. The summed E-state index contributed by atoms with van der Waals surface area (Å²) in [5, 5.41) is 11.8. The molecule has 1 fully saturated rings. The number of nitrogens with zero attached hydrogens (tertiary/aromatic N) is 2. The molecule has 1 unspecified atom stereocenters. The van der Waals surface area contributed by atoms with E-state index in [0.717, 1.165) is 19.5 Å². The van der Waals surface area contributed by atoms with Crippen molar-refractivity contribution in [3.8, 4) is 6.07 Å². The van der Waals surface area contributed by atoms with Crippen molar-refractivity contribution in [2.45, 2.75) is 19.4 Å². The Morgan fingerprint density at radius 3 is 3.06 bits per heavy atom. The third kappa shape index (κ3) is 2.34. The largest absolute Gasteiger partial charge is 0.370 e. The molecule has 2 rings (SSSR count). The van der Waals surface area contributed by atoms with Crippen molar-refractivity contribution in [3.63, 3.8) is 0 Å². The molecule has 1 heterocycles. The van der Waals surface area contributed by atoms with Crippen LogP contribution in [0.5, 0.6) is 0 Å². The minimum absolute atomic E-state index is 0.451. The van der Waals surface area contributed by atoms with E-state index in [-0.39, 0.29) is 0 Å². The maximum Gasteiger partial charge on any atom is 0.0843 e. The van der Waals surface area contributed by atoms with Crippen LogP contribution in [0.3, 0.4) is 0 Å². The fraction of sp³-hybridized carbons (Fsp3) is 0.462. The average molecular weight is 215 g/mol. The quantitative estimate of drug-likeness (QED) is 0.780. The van der Waals surface area contributed by atoms with Crippen LogP contribution in [-0.4, -0.2) is 25.7 Å². The normalized spacial score (nSPS) is 19.8. The van der Waals surface area contributed by atoms with Crippen molar-refractivity contribution in [1.29, 1.82) is 5.26 Å². The van der Waals surface area contributed by atoms with Gasteiger partial charge in [0.15, 0.2) is 0 Å². The van der Waals surface area contributed by atoms with Gasteiger partial charge in [-0.1, -0.05) is 18.2 Å². The molecule has 0 aromatic heterocycles. The monoisotopic (exact) mass is 215 g/mol. The molecule has 84 valence electrons. The van der Waals surface area contributed by atoms with Gasteiger partial charge in [-0.25, -0.2) is 0 Å². The predicted octanol–water partition coefficient (Wildman–Crippen LogP) is 1.69. The number of anilines is 1. The zero-order chi connectivity index (χ0) is 11.4. The molecule has 0 amide bonds. The second-order valence-electron chi connectivity index (χ2n) is 4.26. The van der Waals surface area contributed by atoms with Crippen LogP contribution in [0.15, 0.2) is 24.3 Å². The standard InChI is InChI=1S/C13H17N3/c1-11-4-2-3-5-13(11)16-9-6-12(10-16)15-8-7-14/h2-5,12,15H,6,8-10H2,1H3. The number of hydrogen-bond acceptors (Lipinski definition) is 3. The fourth-order valence-electron chi connectivity index (χ4n) is 2.25. The lowest BCUT2D eigenvalue weighted by Crippen LogP contribution is -2.32. The first-order valence-electron chi connectivity index (χ1n) is 5.72. The van der Waals surface area contributed by atoms with Gasteiger partial charge in [0.2, 0.25) is 0 Å². The van der Waals surface area contributed by atoms with Crippen LogP contribution in [-0.2, 0) is 0 Å². The maximum absolute atomic E-state index is 8.53. The molecular formula is C13H17N3. The summed E-state index contributed by atoms with van der Waals surface area (Å²) in [5.41, 5.74) is 2.65. The lowest BCUT2D eigenvalue weighted by atomic mass is 10.2. The zero-order valence-corrected chi connectivity index (χ0v) is 9.61. The predicted molar refractivity (Wildman–Crippen MR) is 65.4 cm³/mol. The third-order valence-corrected chi connectivity index (χ3v) is 3.11. The Morgan fingerprint density at radius 2 is 2.31 bits per heavy atom. The number of rotatable bonds is 3. The van der Waals surface area contributed by atoms with Crippen LogP contribution in [0.4, 0.5) is 5.69 Å². The molecular weight excluding hydrogens is 198 g/mol. The number of aryl methyl sites for hydroxylation is 1. The topological polar surface area (TPSA) is 39.1 Å². The molecule has 3 heteroatoms. The van der Waals surface area contributed by atoms with Crippen molar-refractivity contribution in [2.24, 2.45) is 0 Å². The molecule has 0 radical (unpaired) electrons. The molecule has 1 atom stereocenters. The van der Waals surface area contributed by atoms with Gasteiger partial charge in [-0.05, 0) is 25.0 Å². The van der Waals surface area contributed by atoms with Crippen molar-refractivity contribution in [1.82, 2.24) is 5.32 Å². The third-order valence-electron chi connectivity index (χ3n) is 3.11. The second-order valence-corrected chi connectivity index (χ2v) is 4.26. The molecule has 0 saturated carbocycles. The number of hydrogen-bond donors (Lipinski definition) is 1. The molecule has 0 spiro atoms. The number of benzene rings is 1. The first-order valence-corrected chi connectivity index (χ1v) is 5.72. The molecule has 1 aromatic rings. The maximum atomic E-state index is 8.53. The molecule has 1 aliphatic heterocycles. The molecule has 1 N–H and O–H groups in total. The zero-order valence-electron chi connectivity index (χ0n) is 9.61. The van der Waals surface area contributed by atoms with Crippen molar-refractivity contribution < 1.29 is 0 Å². The van der Waals surface area contributed by atoms with Crippen LogP contribution >= 0.6 is 0 Å². The Morgan fingerprint density at radius 1 is 1.50 bits per heavy atom. The van der Waals surface area contributed by atoms with Gasteiger partial charge in [0, 0.05) is 24.8 Å². The average Bonchev–Trinajstić information content (AvgIpc) is 2.75. The van der Waals surface area contributed by atoms with Gasteiger partial charge in [0.25, 0.3) is 0 Å². The molecule has 1 saturated heterocycles. The van der Waals surface area contributed by atoms with E-state index in [4.69, 9.17) is 5.26 Å². The van der Waals surface area contributed by atoms with E-state index in [9.17, 15) is 0 Å². The van der Waals surface area contributed by atoms with Gasteiger partial charge in [0.1, 0.15) is 0 Å². The number of nitriles is 1. The number of nitrogens with one attached hydrogen (secondary N) is 1. The summed E-state index contributed by atoms with van der Waals surface area (Å²) >= 11 is 0. The molecule has 0 aliphatic carbocycles. The highest BCUT2D eigenvalue weighted by Gasteiger charge is 2.22. The van der Waals surface area contributed by atoms with Crippen molar-refractivity contribution in [3.05, 3.63) is 29.8 Å². The van der Waals surface area contributed by atoms with Crippen LogP contribution in [0.25, 0.3) is 0 Å². The van der Waals surface area contributed by atoms with E-state index in [2.05, 4.69) is 47.5 Å². The summed E-state index contributed by atoms with van der Waals surface area (Å²) in [6.45, 7) is 4.68. The van der Waals surface area contributed by atoms with Crippen LogP contribution in [0.1, 0.15) is 12.0 Å². The summed E-state index contributed by atoms with van der Waals surface area (Å²) in [6.07, 6.45) is 1.12. The summed E-state index contributed by atoms with van der Waals surface area (Å²) in [4.78, 5) is 2.39. The summed E-state index contributed by atoms with van der Waals surface area (Å²) in [7, 11) is 0. The van der Waals surface area contributed by atoms with E-state index in [1.54, 1.807) is 0 Å². The molecule has 1 aromatic carbocycles. The highest BCUT2D eigenvalue weighted by molar-refractivity contribution is 5.53. The van der Waals surface area contributed by atoms with E-state index in [0.29, 0.717) is 12.6 Å². The Kier molecular flexibility index (Phi) is 3.43. The lowest BCUT2D eigenvalue weighted by molar-refractivity contribution is 0.591. The molecule has 3 nitrogen and oxygen atoms in total. The highest BCUT2D eigenvalue weighted by Crippen LogP contribution is 2.23.